The average molecular weight is 443 g/mol. The molecule has 3 aromatic rings. The Morgan fingerprint density at radius 1 is 0.455 bits per heavy atom. The molecule has 0 aliphatic heterocycles. The maximum absolute atomic E-state index is 4.81. The molecule has 122 valence electrons. The molecule has 0 bridgehead atoms. The van der Waals surface area contributed by atoms with Gasteiger partial charge in [0.05, 0.1) is 0 Å². The molecule has 0 nitrogen and oxygen atoms in total. The van der Waals surface area contributed by atoms with E-state index in [1.54, 1.807) is 0 Å². The molecular formula is C18H18Cl2PPd-3. The van der Waals surface area contributed by atoms with Crippen LogP contribution in [0.1, 0.15) is 0 Å². The van der Waals surface area contributed by atoms with Crippen LogP contribution in [0.5, 0.6) is 0 Å². The molecule has 0 fully saturated rings. The molecule has 3 aromatic carbocycles. The summed E-state index contributed by atoms with van der Waals surface area (Å²) in [5.41, 5.74) is 0. The Labute approximate surface area is 153 Å². The van der Waals surface area contributed by atoms with Crippen LogP contribution >= 0.6 is 29.0 Å². The first-order valence-corrected chi connectivity index (χ1v) is 9.97. The minimum absolute atomic E-state index is 0. The van der Waals surface area contributed by atoms with Gasteiger partial charge in [0.15, 0.2) is 0 Å². The van der Waals surface area contributed by atoms with Crippen molar-refractivity contribution in [2.75, 3.05) is 0 Å². The summed E-state index contributed by atoms with van der Waals surface area (Å²) in [5.74, 6) is 0. The maximum atomic E-state index is 4.81. The van der Waals surface area contributed by atoms with Gasteiger partial charge in [-0.05, 0) is 0 Å². The zero-order chi connectivity index (χ0) is 15.4. The first-order valence-electron chi connectivity index (χ1n) is 5.97. The van der Waals surface area contributed by atoms with Crippen molar-refractivity contribution in [2.45, 2.75) is 0 Å². The summed E-state index contributed by atoms with van der Waals surface area (Å²) in [7, 11) is 9.63. The van der Waals surface area contributed by atoms with E-state index in [1.165, 1.54) is 0 Å². The van der Waals surface area contributed by atoms with Gasteiger partial charge in [0.2, 0.25) is 0 Å². The van der Waals surface area contributed by atoms with Crippen LogP contribution in [0.2, 0.25) is 0 Å². The predicted molar refractivity (Wildman–Crippen MR) is 98.6 cm³/mol. The standard InChI is InChI=1S/3C6H5.2ClH.H3P.Pd/c3*1-2-4-6-5-3-1;;;;/h3*1-5H;2*1H;1H3;/q3*-1;;;;+2/p-2. The molecule has 0 saturated heterocycles. The number of rotatable bonds is 0. The molecule has 4 heteroatoms. The van der Waals surface area contributed by atoms with E-state index in [4.69, 9.17) is 19.1 Å². The fraction of sp³-hybridized carbons (Fsp3) is 0. The number of benzene rings is 3. The molecule has 0 aliphatic carbocycles. The molecule has 22 heavy (non-hydrogen) atoms. The van der Waals surface area contributed by atoms with Gasteiger partial charge in [-0.3, -0.25) is 0 Å². The summed E-state index contributed by atoms with van der Waals surface area (Å²) < 4.78 is 0. The molecule has 0 amide bonds. The van der Waals surface area contributed by atoms with Gasteiger partial charge < -0.3 is 0 Å². The van der Waals surface area contributed by atoms with Gasteiger partial charge in [-0.25, -0.2) is 0 Å². The van der Waals surface area contributed by atoms with E-state index in [-0.39, 0.29) is 25.8 Å². The third-order valence-electron chi connectivity index (χ3n) is 1.82. The second kappa shape index (κ2) is 22.6. The molecule has 3 rings (SSSR count). The Bertz CT molecular complexity index is 326. The van der Waals surface area contributed by atoms with Gasteiger partial charge in [0, 0.05) is 0 Å². The third kappa shape index (κ3) is 21.6. The van der Waals surface area contributed by atoms with Crippen LogP contribution in [0.25, 0.3) is 0 Å². The Kier molecular flexibility index (Phi) is 24.3. The van der Waals surface area contributed by atoms with Crippen LogP contribution in [0, 0.1) is 18.2 Å². The van der Waals surface area contributed by atoms with Gasteiger partial charge in [0.1, 0.15) is 0 Å². The number of hydrogen-bond donors (Lipinski definition) is 0. The summed E-state index contributed by atoms with van der Waals surface area (Å²) in [5, 5.41) is 0. The van der Waals surface area contributed by atoms with Gasteiger partial charge in [-0.2, -0.15) is 119 Å². The molecule has 1 atom stereocenters. The molecule has 1 unspecified atom stereocenters. The van der Waals surface area contributed by atoms with Crippen LogP contribution in [0.4, 0.5) is 0 Å². The van der Waals surface area contributed by atoms with E-state index < -0.39 is 0 Å². The summed E-state index contributed by atoms with van der Waals surface area (Å²) in [6, 6.07) is 37.5. The zero-order valence-electron chi connectivity index (χ0n) is 11.9. The van der Waals surface area contributed by atoms with E-state index in [1.807, 2.05) is 91.0 Å². The normalized spacial score (nSPS) is 7.55. The molecule has 0 radical (unpaired) electrons. The van der Waals surface area contributed by atoms with Crippen molar-refractivity contribution in [3.05, 3.63) is 109 Å². The van der Waals surface area contributed by atoms with Crippen molar-refractivity contribution in [1.82, 2.24) is 0 Å². The average Bonchev–Trinajstić information content (AvgIpc) is 2.61. The maximum Gasteiger partial charge on any atom is -0.171 e. The summed E-state index contributed by atoms with van der Waals surface area (Å²) in [6.07, 6.45) is 0. The summed E-state index contributed by atoms with van der Waals surface area (Å²) >= 11 is -0.106. The number of halogens is 2. The predicted octanol–water partition coefficient (Wildman–Crippen LogP) is 5.89. The van der Waals surface area contributed by atoms with Gasteiger partial charge in [0.25, 0.3) is 0 Å². The van der Waals surface area contributed by atoms with Crippen molar-refractivity contribution in [2.24, 2.45) is 0 Å². The minimum atomic E-state index is -0.106. The van der Waals surface area contributed by atoms with Crippen LogP contribution < -0.4 is 0 Å². The van der Waals surface area contributed by atoms with E-state index in [0.717, 1.165) is 0 Å². The van der Waals surface area contributed by atoms with E-state index in [2.05, 4.69) is 18.2 Å². The molecule has 0 saturated carbocycles. The Balaban J connectivity index is 0. The van der Waals surface area contributed by atoms with E-state index >= 15 is 0 Å². The molecule has 0 spiro atoms. The Morgan fingerprint density at radius 3 is 0.682 bits per heavy atom. The van der Waals surface area contributed by atoms with Crippen molar-refractivity contribution >= 4 is 29.0 Å². The summed E-state index contributed by atoms with van der Waals surface area (Å²) in [4.78, 5) is 0. The largest absolute Gasteiger partial charge is 0.184 e. The van der Waals surface area contributed by atoms with Gasteiger partial charge >= 0.3 is 35.0 Å². The SMILES string of the molecule is P.[Cl][Pd][Cl].[c-]1ccccc1.[c-]1ccccc1.[c-]1ccccc1. The van der Waals surface area contributed by atoms with Crippen LogP contribution in [-0.2, 0) is 15.9 Å². The first-order chi connectivity index (χ1) is 10.4. The fourth-order valence-electron chi connectivity index (χ4n) is 1.03. The third-order valence-corrected chi connectivity index (χ3v) is 1.82. The molecule has 0 heterocycles. The quantitative estimate of drug-likeness (QED) is 0.231. The second-order valence-electron chi connectivity index (χ2n) is 3.28. The van der Waals surface area contributed by atoms with Crippen LogP contribution in [-0.4, -0.2) is 0 Å². The van der Waals surface area contributed by atoms with Crippen LogP contribution in [0.15, 0.2) is 91.0 Å². The van der Waals surface area contributed by atoms with Gasteiger partial charge in [-0.1, -0.05) is 0 Å². The minimum Gasteiger partial charge on any atom is -0.184 e. The zero-order valence-corrected chi connectivity index (χ0v) is 16.4. The number of hydrogen-bond acceptors (Lipinski definition) is 0. The molecule has 0 aromatic heterocycles. The Hall–Kier alpha value is -0.668. The van der Waals surface area contributed by atoms with Crippen molar-refractivity contribution in [3.63, 3.8) is 0 Å². The van der Waals surface area contributed by atoms with E-state index in [0.29, 0.717) is 0 Å². The molecule has 0 N–H and O–H groups in total. The van der Waals surface area contributed by atoms with E-state index in [9.17, 15) is 0 Å². The van der Waals surface area contributed by atoms with Crippen molar-refractivity contribution in [3.8, 4) is 0 Å². The fourth-order valence-corrected chi connectivity index (χ4v) is 1.03. The summed E-state index contributed by atoms with van der Waals surface area (Å²) in [6.45, 7) is 0. The topological polar surface area (TPSA) is 0 Å². The Morgan fingerprint density at radius 2 is 0.636 bits per heavy atom. The smallest absolute Gasteiger partial charge is 0.171 e. The van der Waals surface area contributed by atoms with Crippen LogP contribution in [0.3, 0.4) is 0 Å². The molecule has 0 aliphatic rings. The monoisotopic (exact) mass is 441 g/mol. The van der Waals surface area contributed by atoms with Crippen molar-refractivity contribution in [1.29, 1.82) is 0 Å². The second-order valence-corrected chi connectivity index (χ2v) is 5.64. The first kappa shape index (κ1) is 23.6. The molecular weight excluding hydrogens is 424 g/mol. The van der Waals surface area contributed by atoms with Crippen molar-refractivity contribution < 1.29 is 15.9 Å². The van der Waals surface area contributed by atoms with Gasteiger partial charge in [-0.15, -0.1) is 0 Å².